The fourth-order valence-electron chi connectivity index (χ4n) is 3.20. The number of hydrogen-bond donors (Lipinski definition) is 1. The Morgan fingerprint density at radius 2 is 1.79 bits per heavy atom. The van der Waals surface area contributed by atoms with Crippen LogP contribution in [0.2, 0.25) is 0 Å². The Morgan fingerprint density at radius 3 is 2.48 bits per heavy atom. The standard InChI is InChI=1S/C22H23BrN2O4/c1-13-4-6-17(7-5-13)25-11-16(10-21(25)27)22(28)29-12-20(26)24-19-9-8-18(23)14(2)15(19)3/h4-9,16H,10-12H2,1-3H3,(H,24,26)/t16-/m0/s1. The molecule has 29 heavy (non-hydrogen) atoms. The van der Waals surface area contributed by atoms with E-state index < -0.39 is 17.8 Å². The summed E-state index contributed by atoms with van der Waals surface area (Å²) in [6.07, 6.45) is 0.0827. The number of carbonyl (C=O) groups is 3. The monoisotopic (exact) mass is 458 g/mol. The van der Waals surface area contributed by atoms with Crippen LogP contribution in [0.3, 0.4) is 0 Å². The molecule has 6 nitrogen and oxygen atoms in total. The van der Waals surface area contributed by atoms with E-state index in [-0.39, 0.29) is 25.5 Å². The van der Waals surface area contributed by atoms with Crippen molar-refractivity contribution in [3.63, 3.8) is 0 Å². The number of rotatable bonds is 5. The molecule has 1 N–H and O–H groups in total. The predicted octanol–water partition coefficient (Wildman–Crippen LogP) is 3.91. The third kappa shape index (κ3) is 4.85. The molecular formula is C22H23BrN2O4. The summed E-state index contributed by atoms with van der Waals surface area (Å²) in [5.74, 6) is -1.65. The summed E-state index contributed by atoms with van der Waals surface area (Å²) in [6, 6.07) is 11.2. The molecule has 0 aliphatic carbocycles. The smallest absolute Gasteiger partial charge is 0.311 e. The van der Waals surface area contributed by atoms with Crippen molar-refractivity contribution in [2.24, 2.45) is 5.92 Å². The van der Waals surface area contributed by atoms with Gasteiger partial charge < -0.3 is 15.0 Å². The zero-order valence-corrected chi connectivity index (χ0v) is 18.2. The topological polar surface area (TPSA) is 75.7 Å². The number of anilines is 2. The van der Waals surface area contributed by atoms with Crippen LogP contribution in [0.1, 0.15) is 23.1 Å². The number of halogens is 1. The number of aryl methyl sites for hydroxylation is 1. The van der Waals surface area contributed by atoms with Crippen LogP contribution in [-0.4, -0.2) is 30.9 Å². The van der Waals surface area contributed by atoms with Crippen molar-refractivity contribution in [3.8, 4) is 0 Å². The number of carbonyl (C=O) groups excluding carboxylic acids is 3. The first kappa shape index (κ1) is 21.0. The molecule has 1 atom stereocenters. The average Bonchev–Trinajstić information content (AvgIpc) is 3.09. The summed E-state index contributed by atoms with van der Waals surface area (Å²) >= 11 is 3.45. The average molecular weight is 459 g/mol. The second-order valence-electron chi connectivity index (χ2n) is 7.24. The van der Waals surface area contributed by atoms with Crippen molar-refractivity contribution in [1.82, 2.24) is 0 Å². The number of ether oxygens (including phenoxy) is 1. The molecule has 2 aromatic rings. The molecule has 1 aliphatic rings. The Balaban J connectivity index is 1.54. The van der Waals surface area contributed by atoms with Crippen LogP contribution in [0.25, 0.3) is 0 Å². The Labute approximate surface area is 178 Å². The van der Waals surface area contributed by atoms with Gasteiger partial charge in [0, 0.05) is 28.8 Å². The van der Waals surface area contributed by atoms with E-state index >= 15 is 0 Å². The Kier molecular flexibility index (Phi) is 6.37. The lowest BCUT2D eigenvalue weighted by molar-refractivity contribution is -0.151. The molecule has 1 aliphatic heterocycles. The van der Waals surface area contributed by atoms with E-state index in [9.17, 15) is 14.4 Å². The second-order valence-corrected chi connectivity index (χ2v) is 8.10. The lowest BCUT2D eigenvalue weighted by atomic mass is 10.1. The van der Waals surface area contributed by atoms with Gasteiger partial charge in [-0.25, -0.2) is 0 Å². The largest absolute Gasteiger partial charge is 0.455 e. The maximum absolute atomic E-state index is 12.4. The highest BCUT2D eigenvalue weighted by molar-refractivity contribution is 9.10. The third-order valence-corrected chi connectivity index (χ3v) is 6.00. The molecule has 152 valence electrons. The van der Waals surface area contributed by atoms with E-state index in [1.54, 1.807) is 11.0 Å². The third-order valence-electron chi connectivity index (χ3n) is 5.14. The second kappa shape index (κ2) is 8.78. The van der Waals surface area contributed by atoms with Gasteiger partial charge in [-0.05, 0) is 56.2 Å². The molecule has 7 heteroatoms. The van der Waals surface area contributed by atoms with Gasteiger partial charge in [0.25, 0.3) is 5.91 Å². The minimum Gasteiger partial charge on any atom is -0.455 e. The highest BCUT2D eigenvalue weighted by Crippen LogP contribution is 2.27. The van der Waals surface area contributed by atoms with Gasteiger partial charge in [0.2, 0.25) is 5.91 Å². The minimum absolute atomic E-state index is 0.0827. The first-order valence-electron chi connectivity index (χ1n) is 9.35. The quantitative estimate of drug-likeness (QED) is 0.689. The molecule has 3 rings (SSSR count). The Morgan fingerprint density at radius 1 is 1.10 bits per heavy atom. The zero-order valence-electron chi connectivity index (χ0n) is 16.6. The lowest BCUT2D eigenvalue weighted by Gasteiger charge is -2.16. The van der Waals surface area contributed by atoms with E-state index in [1.807, 2.05) is 51.1 Å². The molecule has 0 spiro atoms. The minimum atomic E-state index is -0.576. The fourth-order valence-corrected chi connectivity index (χ4v) is 3.63. The molecule has 0 unspecified atom stereocenters. The summed E-state index contributed by atoms with van der Waals surface area (Å²) in [7, 11) is 0. The fraction of sp³-hybridized carbons (Fsp3) is 0.318. The maximum atomic E-state index is 12.4. The molecule has 0 saturated carbocycles. The number of benzene rings is 2. The van der Waals surface area contributed by atoms with Crippen LogP contribution in [0.4, 0.5) is 11.4 Å². The van der Waals surface area contributed by atoms with Gasteiger partial charge in [0.1, 0.15) is 0 Å². The van der Waals surface area contributed by atoms with Crippen LogP contribution >= 0.6 is 15.9 Å². The maximum Gasteiger partial charge on any atom is 0.311 e. The Bertz CT molecular complexity index is 956. The number of amides is 2. The number of nitrogens with zero attached hydrogens (tertiary/aromatic N) is 1. The van der Waals surface area contributed by atoms with Crippen molar-refractivity contribution in [2.75, 3.05) is 23.4 Å². The van der Waals surface area contributed by atoms with E-state index in [0.29, 0.717) is 5.69 Å². The molecule has 1 heterocycles. The lowest BCUT2D eigenvalue weighted by Crippen LogP contribution is -2.28. The van der Waals surface area contributed by atoms with Gasteiger partial charge in [-0.15, -0.1) is 0 Å². The summed E-state index contributed by atoms with van der Waals surface area (Å²) in [6.45, 7) is 5.70. The first-order chi connectivity index (χ1) is 13.8. The van der Waals surface area contributed by atoms with Crippen LogP contribution < -0.4 is 10.2 Å². The molecule has 0 aromatic heterocycles. The van der Waals surface area contributed by atoms with E-state index in [0.717, 1.165) is 26.9 Å². The first-order valence-corrected chi connectivity index (χ1v) is 10.1. The molecule has 0 radical (unpaired) electrons. The number of nitrogens with one attached hydrogen (secondary N) is 1. The number of hydrogen-bond acceptors (Lipinski definition) is 4. The molecule has 2 aromatic carbocycles. The highest BCUT2D eigenvalue weighted by Gasteiger charge is 2.36. The SMILES string of the molecule is Cc1ccc(N2C[C@@H](C(=O)OCC(=O)Nc3ccc(Br)c(C)c3C)CC2=O)cc1. The highest BCUT2D eigenvalue weighted by atomic mass is 79.9. The summed E-state index contributed by atoms with van der Waals surface area (Å²) < 4.78 is 6.13. The molecule has 1 fully saturated rings. The van der Waals surface area contributed by atoms with Gasteiger partial charge in [0.05, 0.1) is 5.92 Å². The van der Waals surface area contributed by atoms with Gasteiger partial charge >= 0.3 is 5.97 Å². The van der Waals surface area contributed by atoms with Gasteiger partial charge in [-0.1, -0.05) is 33.6 Å². The molecular weight excluding hydrogens is 436 g/mol. The molecule has 2 amide bonds. The molecule has 0 bridgehead atoms. The zero-order chi connectivity index (χ0) is 21.1. The van der Waals surface area contributed by atoms with E-state index in [2.05, 4.69) is 21.2 Å². The van der Waals surface area contributed by atoms with Crippen molar-refractivity contribution in [2.45, 2.75) is 27.2 Å². The van der Waals surface area contributed by atoms with Crippen molar-refractivity contribution in [3.05, 3.63) is 57.6 Å². The van der Waals surface area contributed by atoms with Crippen molar-refractivity contribution in [1.29, 1.82) is 0 Å². The predicted molar refractivity (Wildman–Crippen MR) is 115 cm³/mol. The van der Waals surface area contributed by atoms with Crippen molar-refractivity contribution < 1.29 is 19.1 Å². The Hall–Kier alpha value is -2.67. The molecule has 1 saturated heterocycles. The van der Waals surface area contributed by atoms with E-state index in [1.165, 1.54) is 0 Å². The van der Waals surface area contributed by atoms with Gasteiger partial charge in [0.15, 0.2) is 6.61 Å². The van der Waals surface area contributed by atoms with Crippen LogP contribution in [0.15, 0.2) is 40.9 Å². The number of esters is 1. The van der Waals surface area contributed by atoms with Crippen LogP contribution in [-0.2, 0) is 19.1 Å². The van der Waals surface area contributed by atoms with Gasteiger partial charge in [-0.3, -0.25) is 14.4 Å². The van der Waals surface area contributed by atoms with Crippen molar-refractivity contribution >= 4 is 45.1 Å². The summed E-state index contributed by atoms with van der Waals surface area (Å²) in [4.78, 5) is 38.4. The van der Waals surface area contributed by atoms with E-state index in [4.69, 9.17) is 4.74 Å². The van der Waals surface area contributed by atoms with Crippen LogP contribution in [0, 0.1) is 26.7 Å². The normalized spacial score (nSPS) is 16.1. The van der Waals surface area contributed by atoms with Crippen LogP contribution in [0.5, 0.6) is 0 Å². The summed E-state index contributed by atoms with van der Waals surface area (Å²) in [5.41, 5.74) is 4.50. The summed E-state index contributed by atoms with van der Waals surface area (Å²) in [5, 5.41) is 2.76. The van der Waals surface area contributed by atoms with Gasteiger partial charge in [-0.2, -0.15) is 0 Å².